The van der Waals surface area contributed by atoms with Crippen LogP contribution < -0.4 is 16.2 Å². The molecule has 0 unspecified atom stereocenters. The molecule has 1 heterocycles. The third kappa shape index (κ3) is 4.37. The summed E-state index contributed by atoms with van der Waals surface area (Å²) < 4.78 is 21.3. The summed E-state index contributed by atoms with van der Waals surface area (Å²) in [6.45, 7) is 1.68. The lowest BCUT2D eigenvalue weighted by molar-refractivity contribution is 0.0956. The molecule has 0 atom stereocenters. The molecule has 0 bridgehead atoms. The van der Waals surface area contributed by atoms with E-state index in [2.05, 4.69) is 10.3 Å². The summed E-state index contributed by atoms with van der Waals surface area (Å²) in [6, 6.07) is 1.56. The number of nitrogens with two attached hydrogens (primary N) is 2. The number of anilines is 1. The number of carbonyl (C=O) groups is 1. The molecule has 1 aromatic heterocycles. The van der Waals surface area contributed by atoms with Crippen molar-refractivity contribution in [3.05, 3.63) is 23.5 Å². The van der Waals surface area contributed by atoms with Crippen LogP contribution in [0.25, 0.3) is 0 Å². The molecule has 0 saturated carbocycles. The van der Waals surface area contributed by atoms with Gasteiger partial charge in [-0.2, -0.15) is 0 Å². The highest BCUT2D eigenvalue weighted by molar-refractivity contribution is 7.89. The van der Waals surface area contributed by atoms with Gasteiger partial charge in [-0.1, -0.05) is 0 Å². The van der Waals surface area contributed by atoms with Crippen molar-refractivity contribution in [2.75, 3.05) is 18.0 Å². The Morgan fingerprint density at radius 1 is 1.53 bits per heavy atom. The number of aryl methyl sites for hydroxylation is 1. The normalized spacial score (nSPS) is 11.2. The third-order valence-electron chi connectivity index (χ3n) is 1.99. The van der Waals surface area contributed by atoms with E-state index in [9.17, 15) is 13.2 Å². The number of sulfonamides is 1. The van der Waals surface area contributed by atoms with Crippen LogP contribution in [0.4, 0.5) is 5.69 Å². The largest absolute Gasteiger partial charge is 0.398 e. The van der Waals surface area contributed by atoms with Crippen molar-refractivity contribution in [3.8, 4) is 0 Å². The van der Waals surface area contributed by atoms with Crippen molar-refractivity contribution in [3.63, 3.8) is 0 Å². The first-order valence-electron chi connectivity index (χ1n) is 4.80. The van der Waals surface area contributed by atoms with E-state index in [1.807, 2.05) is 0 Å². The Labute approximate surface area is 99.3 Å². The van der Waals surface area contributed by atoms with Crippen molar-refractivity contribution in [1.82, 2.24) is 10.3 Å². The third-order valence-corrected chi connectivity index (χ3v) is 2.76. The second-order valence-electron chi connectivity index (χ2n) is 3.54. The van der Waals surface area contributed by atoms with Crippen LogP contribution in [-0.2, 0) is 10.0 Å². The summed E-state index contributed by atoms with van der Waals surface area (Å²) in [6.07, 6.45) is 1.34. The summed E-state index contributed by atoms with van der Waals surface area (Å²) >= 11 is 0. The van der Waals surface area contributed by atoms with Crippen LogP contribution in [0.2, 0.25) is 0 Å². The van der Waals surface area contributed by atoms with Crippen LogP contribution in [0.15, 0.2) is 12.3 Å². The molecule has 0 fully saturated rings. The highest BCUT2D eigenvalue weighted by atomic mass is 32.2. The topological polar surface area (TPSA) is 128 Å². The predicted octanol–water partition coefficient (Wildman–Crippen LogP) is -1.01. The molecule has 8 heteroatoms. The molecule has 1 aromatic rings. The molecule has 94 valence electrons. The number of rotatable bonds is 4. The van der Waals surface area contributed by atoms with E-state index >= 15 is 0 Å². The zero-order valence-corrected chi connectivity index (χ0v) is 10.1. The summed E-state index contributed by atoms with van der Waals surface area (Å²) in [4.78, 5) is 15.5. The summed E-state index contributed by atoms with van der Waals surface area (Å²) in [5.74, 6) is -0.795. The van der Waals surface area contributed by atoms with Gasteiger partial charge in [-0.3, -0.25) is 9.78 Å². The minimum absolute atomic E-state index is 0.0645. The van der Waals surface area contributed by atoms with Crippen molar-refractivity contribution in [2.45, 2.75) is 6.92 Å². The van der Waals surface area contributed by atoms with Crippen LogP contribution in [-0.4, -0.2) is 31.6 Å². The molecule has 0 aliphatic heterocycles. The van der Waals surface area contributed by atoms with Crippen molar-refractivity contribution < 1.29 is 13.2 Å². The Hall–Kier alpha value is -1.67. The van der Waals surface area contributed by atoms with Gasteiger partial charge < -0.3 is 11.1 Å². The minimum atomic E-state index is -3.58. The number of nitrogens with zero attached hydrogens (tertiary/aromatic N) is 1. The molecule has 0 spiro atoms. The fourth-order valence-electron chi connectivity index (χ4n) is 1.17. The highest BCUT2D eigenvalue weighted by Crippen LogP contribution is 2.10. The fraction of sp³-hybridized carbons (Fsp3) is 0.333. The van der Waals surface area contributed by atoms with E-state index in [0.717, 1.165) is 0 Å². The number of carbonyl (C=O) groups excluding carboxylic acids is 1. The first-order valence-corrected chi connectivity index (χ1v) is 6.52. The molecule has 0 saturated heterocycles. The molecule has 0 radical (unpaired) electrons. The van der Waals surface area contributed by atoms with Crippen molar-refractivity contribution in [2.24, 2.45) is 5.14 Å². The lowest BCUT2D eigenvalue weighted by Crippen LogP contribution is -2.31. The summed E-state index contributed by atoms with van der Waals surface area (Å²) in [5, 5.41) is 7.19. The first kappa shape index (κ1) is 13.4. The van der Waals surface area contributed by atoms with Gasteiger partial charge >= 0.3 is 0 Å². The maximum absolute atomic E-state index is 11.6. The Balaban J connectivity index is 2.65. The van der Waals surface area contributed by atoms with Crippen LogP contribution in [0.1, 0.15) is 16.1 Å². The van der Waals surface area contributed by atoms with Crippen LogP contribution in [0.5, 0.6) is 0 Å². The lowest BCUT2D eigenvalue weighted by Gasteiger charge is -2.06. The van der Waals surface area contributed by atoms with E-state index in [0.29, 0.717) is 11.4 Å². The smallest absolute Gasteiger partial charge is 0.254 e. The number of nitrogens with one attached hydrogen (secondary N) is 1. The molecule has 0 aliphatic carbocycles. The average Bonchev–Trinajstić information content (AvgIpc) is 2.15. The zero-order valence-electron chi connectivity index (χ0n) is 9.30. The summed E-state index contributed by atoms with van der Waals surface area (Å²) in [7, 11) is -3.58. The second kappa shape index (κ2) is 5.11. The zero-order chi connectivity index (χ0) is 13.1. The molecule has 1 rings (SSSR count). The Morgan fingerprint density at radius 2 is 2.18 bits per heavy atom. The number of nitrogen functional groups attached to an aromatic ring is 1. The number of hydrogen-bond acceptors (Lipinski definition) is 5. The highest BCUT2D eigenvalue weighted by Gasteiger charge is 2.11. The van der Waals surface area contributed by atoms with Crippen LogP contribution >= 0.6 is 0 Å². The van der Waals surface area contributed by atoms with E-state index in [1.165, 1.54) is 6.20 Å². The van der Waals surface area contributed by atoms with Crippen LogP contribution in [0, 0.1) is 6.92 Å². The fourth-order valence-corrected chi connectivity index (χ4v) is 1.56. The molecule has 1 amide bonds. The number of amides is 1. The van der Waals surface area contributed by atoms with Crippen molar-refractivity contribution in [1.29, 1.82) is 0 Å². The molecule has 0 aliphatic rings. The van der Waals surface area contributed by atoms with Gasteiger partial charge in [-0.25, -0.2) is 13.6 Å². The average molecular weight is 258 g/mol. The Kier molecular flexibility index (Phi) is 4.02. The quantitative estimate of drug-likeness (QED) is 0.637. The van der Waals surface area contributed by atoms with Gasteiger partial charge in [0.15, 0.2) is 0 Å². The van der Waals surface area contributed by atoms with E-state index in [1.54, 1.807) is 13.0 Å². The number of hydrogen-bond donors (Lipinski definition) is 3. The van der Waals surface area contributed by atoms with Gasteiger partial charge in [0.2, 0.25) is 10.0 Å². The molecule has 0 aromatic carbocycles. The molecule has 5 N–H and O–H groups in total. The Morgan fingerprint density at radius 3 is 2.71 bits per heavy atom. The predicted molar refractivity (Wildman–Crippen MR) is 63.7 cm³/mol. The molecular formula is C9H14N4O3S. The monoisotopic (exact) mass is 258 g/mol. The minimum Gasteiger partial charge on any atom is -0.398 e. The Bertz CT molecular complexity index is 527. The van der Waals surface area contributed by atoms with Gasteiger partial charge in [0.1, 0.15) is 0 Å². The van der Waals surface area contributed by atoms with Gasteiger partial charge in [-0.15, -0.1) is 0 Å². The van der Waals surface area contributed by atoms with E-state index in [-0.39, 0.29) is 17.9 Å². The number of primary sulfonamides is 1. The van der Waals surface area contributed by atoms with Crippen molar-refractivity contribution >= 4 is 21.6 Å². The van der Waals surface area contributed by atoms with E-state index < -0.39 is 15.9 Å². The standard InChI is InChI=1S/C9H14N4O3S/c1-6-4-8(10)7(5-13-6)9(14)12-2-3-17(11,15)16/h4-5H,2-3H2,1H3,(H2,10,13)(H,12,14)(H2,11,15,16). The number of pyridine rings is 1. The van der Waals surface area contributed by atoms with Gasteiger partial charge in [0.05, 0.1) is 11.3 Å². The second-order valence-corrected chi connectivity index (χ2v) is 5.27. The molecule has 7 nitrogen and oxygen atoms in total. The summed E-state index contributed by atoms with van der Waals surface area (Å²) in [5.41, 5.74) is 6.84. The maximum atomic E-state index is 11.6. The maximum Gasteiger partial charge on any atom is 0.254 e. The van der Waals surface area contributed by atoms with Crippen LogP contribution in [0.3, 0.4) is 0 Å². The molecule has 17 heavy (non-hydrogen) atoms. The van der Waals surface area contributed by atoms with Gasteiger partial charge in [0.25, 0.3) is 5.91 Å². The van der Waals surface area contributed by atoms with Gasteiger partial charge in [-0.05, 0) is 13.0 Å². The lowest BCUT2D eigenvalue weighted by atomic mass is 10.2. The first-order chi connectivity index (χ1) is 7.79. The SMILES string of the molecule is Cc1cc(N)c(C(=O)NCCS(N)(=O)=O)cn1. The van der Waals surface area contributed by atoms with Gasteiger partial charge in [0, 0.05) is 24.1 Å². The molecular weight excluding hydrogens is 244 g/mol. The van der Waals surface area contributed by atoms with E-state index in [4.69, 9.17) is 10.9 Å². The number of aromatic nitrogens is 1.